The van der Waals surface area contributed by atoms with Crippen LogP contribution < -0.4 is 10.6 Å². The van der Waals surface area contributed by atoms with E-state index in [1.165, 1.54) is 16.5 Å². The Bertz CT molecular complexity index is 991. The predicted molar refractivity (Wildman–Crippen MR) is 120 cm³/mol. The third-order valence-corrected chi connectivity index (χ3v) is 5.53. The SMILES string of the molecule is CCn1c(C#CCNc2ccccc2)cc2c(CNC3CCOCC3)cccc21. The van der Waals surface area contributed by atoms with Gasteiger partial charge in [-0.2, -0.15) is 0 Å². The fourth-order valence-electron chi connectivity index (χ4n) is 3.94. The Hall–Kier alpha value is -2.74. The van der Waals surface area contributed by atoms with Gasteiger partial charge in [-0.05, 0) is 55.5 Å². The van der Waals surface area contributed by atoms with E-state index in [4.69, 9.17) is 4.74 Å². The monoisotopic (exact) mass is 387 g/mol. The van der Waals surface area contributed by atoms with Crippen LogP contribution in [0.15, 0.2) is 54.6 Å². The molecule has 0 radical (unpaired) electrons. The van der Waals surface area contributed by atoms with Crippen LogP contribution in [0.25, 0.3) is 10.9 Å². The molecule has 0 amide bonds. The Morgan fingerprint density at radius 2 is 1.90 bits per heavy atom. The van der Waals surface area contributed by atoms with Crippen LogP contribution in [0.2, 0.25) is 0 Å². The number of ether oxygens (including phenoxy) is 1. The number of benzene rings is 2. The largest absolute Gasteiger partial charge is 0.381 e. The van der Waals surface area contributed by atoms with Crippen molar-refractivity contribution in [2.45, 2.75) is 38.9 Å². The summed E-state index contributed by atoms with van der Waals surface area (Å²) in [6.45, 7) is 6.34. The quantitative estimate of drug-likeness (QED) is 0.616. The number of rotatable bonds is 6. The van der Waals surface area contributed by atoms with Crippen molar-refractivity contribution in [1.29, 1.82) is 0 Å². The van der Waals surface area contributed by atoms with Gasteiger partial charge in [0.2, 0.25) is 0 Å². The molecule has 1 saturated heterocycles. The van der Waals surface area contributed by atoms with E-state index in [0.717, 1.165) is 50.5 Å². The summed E-state index contributed by atoms with van der Waals surface area (Å²) in [7, 11) is 0. The van der Waals surface area contributed by atoms with E-state index in [1.54, 1.807) is 0 Å². The number of nitrogens with one attached hydrogen (secondary N) is 2. The molecule has 1 fully saturated rings. The second-order valence-corrected chi connectivity index (χ2v) is 7.41. The molecule has 0 atom stereocenters. The zero-order valence-corrected chi connectivity index (χ0v) is 17.1. The maximum Gasteiger partial charge on any atom is 0.0931 e. The molecule has 4 nitrogen and oxygen atoms in total. The molecule has 0 spiro atoms. The number of anilines is 1. The van der Waals surface area contributed by atoms with Crippen molar-refractivity contribution in [3.8, 4) is 11.8 Å². The van der Waals surface area contributed by atoms with E-state index < -0.39 is 0 Å². The second-order valence-electron chi connectivity index (χ2n) is 7.41. The average molecular weight is 388 g/mol. The van der Waals surface area contributed by atoms with E-state index in [9.17, 15) is 0 Å². The van der Waals surface area contributed by atoms with Crippen molar-refractivity contribution in [3.05, 3.63) is 65.9 Å². The first kappa shape index (κ1) is 19.6. The molecule has 2 N–H and O–H groups in total. The lowest BCUT2D eigenvalue weighted by atomic mass is 10.1. The molecular weight excluding hydrogens is 358 g/mol. The first-order valence-electron chi connectivity index (χ1n) is 10.5. The van der Waals surface area contributed by atoms with Crippen molar-refractivity contribution in [1.82, 2.24) is 9.88 Å². The topological polar surface area (TPSA) is 38.2 Å². The van der Waals surface area contributed by atoms with Crippen LogP contribution in [0.1, 0.15) is 31.0 Å². The van der Waals surface area contributed by atoms with Gasteiger partial charge in [0.1, 0.15) is 0 Å². The first-order valence-corrected chi connectivity index (χ1v) is 10.5. The zero-order chi connectivity index (χ0) is 19.9. The van der Waals surface area contributed by atoms with Crippen molar-refractivity contribution in [3.63, 3.8) is 0 Å². The van der Waals surface area contributed by atoms with Gasteiger partial charge >= 0.3 is 0 Å². The lowest BCUT2D eigenvalue weighted by molar-refractivity contribution is 0.0776. The van der Waals surface area contributed by atoms with Crippen molar-refractivity contribution in [2.24, 2.45) is 0 Å². The Morgan fingerprint density at radius 3 is 2.69 bits per heavy atom. The van der Waals surface area contributed by atoms with Crippen LogP contribution >= 0.6 is 0 Å². The molecular formula is C25H29N3O. The molecule has 0 unspecified atom stereocenters. The van der Waals surface area contributed by atoms with Gasteiger partial charge in [-0.15, -0.1) is 0 Å². The molecule has 0 saturated carbocycles. The maximum absolute atomic E-state index is 5.47. The van der Waals surface area contributed by atoms with Gasteiger partial charge < -0.3 is 19.9 Å². The second kappa shape index (κ2) is 9.65. The van der Waals surface area contributed by atoms with E-state index in [0.29, 0.717) is 12.6 Å². The number of aryl methyl sites for hydroxylation is 1. The number of para-hydroxylation sites is 1. The number of aromatic nitrogens is 1. The molecule has 2 aromatic carbocycles. The highest BCUT2D eigenvalue weighted by Gasteiger charge is 2.14. The molecule has 0 bridgehead atoms. The summed E-state index contributed by atoms with van der Waals surface area (Å²) in [6, 6.07) is 19.6. The molecule has 1 aliphatic heterocycles. The number of hydrogen-bond donors (Lipinski definition) is 2. The van der Waals surface area contributed by atoms with Gasteiger partial charge in [0.05, 0.1) is 12.2 Å². The fraction of sp³-hybridized carbons (Fsp3) is 0.360. The minimum Gasteiger partial charge on any atom is -0.381 e. The highest BCUT2D eigenvalue weighted by Crippen LogP contribution is 2.24. The third kappa shape index (κ3) is 4.82. The predicted octanol–water partition coefficient (Wildman–Crippen LogP) is 4.39. The molecule has 1 aliphatic rings. The molecule has 4 rings (SSSR count). The van der Waals surface area contributed by atoms with E-state index in [2.05, 4.69) is 70.4 Å². The number of hydrogen-bond acceptors (Lipinski definition) is 3. The molecule has 3 aromatic rings. The van der Waals surface area contributed by atoms with Crippen molar-refractivity contribution >= 4 is 16.6 Å². The highest BCUT2D eigenvalue weighted by molar-refractivity contribution is 5.85. The molecule has 1 aromatic heterocycles. The molecule has 150 valence electrons. The summed E-state index contributed by atoms with van der Waals surface area (Å²) >= 11 is 0. The van der Waals surface area contributed by atoms with Crippen LogP contribution in [0, 0.1) is 11.8 Å². The van der Waals surface area contributed by atoms with Gasteiger partial charge in [0.25, 0.3) is 0 Å². The van der Waals surface area contributed by atoms with Gasteiger partial charge in [-0.1, -0.05) is 36.3 Å². The minimum absolute atomic E-state index is 0.551. The maximum atomic E-state index is 5.47. The minimum atomic E-state index is 0.551. The molecule has 2 heterocycles. The summed E-state index contributed by atoms with van der Waals surface area (Å²) in [5.41, 5.74) is 4.78. The van der Waals surface area contributed by atoms with Gasteiger partial charge in [-0.3, -0.25) is 0 Å². The molecule has 29 heavy (non-hydrogen) atoms. The van der Waals surface area contributed by atoms with Gasteiger partial charge in [0, 0.05) is 48.9 Å². The summed E-state index contributed by atoms with van der Waals surface area (Å²) in [5, 5.41) is 8.36. The van der Waals surface area contributed by atoms with Crippen LogP contribution in [0.4, 0.5) is 5.69 Å². The smallest absolute Gasteiger partial charge is 0.0931 e. The summed E-state index contributed by atoms with van der Waals surface area (Å²) in [5.74, 6) is 6.65. The summed E-state index contributed by atoms with van der Waals surface area (Å²) in [6.07, 6.45) is 2.19. The zero-order valence-electron chi connectivity index (χ0n) is 17.1. The van der Waals surface area contributed by atoms with Crippen LogP contribution in [-0.4, -0.2) is 30.4 Å². The van der Waals surface area contributed by atoms with E-state index >= 15 is 0 Å². The number of fused-ring (bicyclic) bond motifs is 1. The van der Waals surface area contributed by atoms with Crippen molar-refractivity contribution in [2.75, 3.05) is 25.1 Å². The summed E-state index contributed by atoms with van der Waals surface area (Å²) in [4.78, 5) is 0. The van der Waals surface area contributed by atoms with Crippen LogP contribution in [0.3, 0.4) is 0 Å². The molecule has 0 aliphatic carbocycles. The summed E-state index contributed by atoms with van der Waals surface area (Å²) < 4.78 is 7.78. The third-order valence-electron chi connectivity index (χ3n) is 5.53. The standard InChI is InChI=1S/C25H29N3O/c1-2-28-23(11-7-15-26-21-9-4-3-5-10-21)18-24-20(8-6-12-25(24)28)19-27-22-13-16-29-17-14-22/h3-6,8-10,12,18,22,26-27H,2,13-17,19H2,1H3. The van der Waals surface area contributed by atoms with E-state index in [-0.39, 0.29) is 0 Å². The Balaban J connectivity index is 1.50. The van der Waals surface area contributed by atoms with Crippen LogP contribution in [-0.2, 0) is 17.8 Å². The highest BCUT2D eigenvalue weighted by atomic mass is 16.5. The fourth-order valence-corrected chi connectivity index (χ4v) is 3.94. The molecule has 4 heteroatoms. The first-order chi connectivity index (χ1) is 14.3. The average Bonchev–Trinajstić information content (AvgIpc) is 3.14. The lowest BCUT2D eigenvalue weighted by Gasteiger charge is -2.23. The Labute approximate surface area is 173 Å². The normalized spacial score (nSPS) is 14.5. The van der Waals surface area contributed by atoms with Gasteiger partial charge in [0.15, 0.2) is 0 Å². The van der Waals surface area contributed by atoms with Crippen LogP contribution in [0.5, 0.6) is 0 Å². The van der Waals surface area contributed by atoms with Gasteiger partial charge in [-0.25, -0.2) is 0 Å². The number of nitrogens with zero attached hydrogens (tertiary/aromatic N) is 1. The Kier molecular flexibility index (Phi) is 6.51. The lowest BCUT2D eigenvalue weighted by Crippen LogP contribution is -2.34. The van der Waals surface area contributed by atoms with Crippen molar-refractivity contribution < 1.29 is 4.74 Å². The van der Waals surface area contributed by atoms with E-state index in [1.807, 2.05) is 18.2 Å². The Morgan fingerprint density at radius 1 is 1.07 bits per heavy atom.